The van der Waals surface area contributed by atoms with E-state index in [-0.39, 0.29) is 0 Å². The molecule has 0 spiro atoms. The fraction of sp³-hybridized carbons (Fsp3) is 0. The molecular weight excluding hydrogens is 520 g/mol. The molecule has 1 heteroatoms. The average Bonchev–Trinajstić information content (AvgIpc) is 3.45. The second-order valence-corrected chi connectivity index (χ2v) is 11.2. The van der Waals surface area contributed by atoms with Gasteiger partial charge in [0.05, 0.1) is 0 Å². The molecule has 200 valence electrons. The molecule has 1 nitrogen and oxygen atoms in total. The Kier molecular flexibility index (Phi) is 5.27. The molecule has 43 heavy (non-hydrogen) atoms. The van der Waals surface area contributed by atoms with E-state index in [0.29, 0.717) is 0 Å². The third-order valence-corrected chi connectivity index (χ3v) is 8.88. The smallest absolute Gasteiger partial charge is 0.136 e. The molecule has 0 unspecified atom stereocenters. The largest absolute Gasteiger partial charge is 0.456 e. The zero-order valence-electron chi connectivity index (χ0n) is 23.4. The summed E-state index contributed by atoms with van der Waals surface area (Å²) >= 11 is 0. The van der Waals surface area contributed by atoms with Gasteiger partial charge in [-0.1, -0.05) is 140 Å². The summed E-state index contributed by atoms with van der Waals surface area (Å²) in [5.41, 5.74) is 9.25. The monoisotopic (exact) mass is 546 g/mol. The lowest BCUT2D eigenvalue weighted by atomic mass is 9.84. The lowest BCUT2D eigenvalue weighted by Crippen LogP contribution is -1.92. The Bertz CT molecular complexity index is 2440. The summed E-state index contributed by atoms with van der Waals surface area (Å²) < 4.78 is 6.26. The molecule has 8 aromatic carbocycles. The van der Waals surface area contributed by atoms with E-state index in [1.165, 1.54) is 60.1 Å². The Morgan fingerprint density at radius 1 is 0.279 bits per heavy atom. The van der Waals surface area contributed by atoms with Crippen LogP contribution in [0.1, 0.15) is 0 Å². The topological polar surface area (TPSA) is 13.1 Å². The Morgan fingerprint density at radius 2 is 0.791 bits per heavy atom. The van der Waals surface area contributed by atoms with Crippen LogP contribution in [-0.2, 0) is 0 Å². The maximum Gasteiger partial charge on any atom is 0.136 e. The van der Waals surface area contributed by atoms with Gasteiger partial charge >= 0.3 is 0 Å². The molecule has 0 saturated carbocycles. The van der Waals surface area contributed by atoms with Gasteiger partial charge < -0.3 is 4.42 Å². The number of hydrogen-bond acceptors (Lipinski definition) is 1. The molecule has 0 aliphatic rings. The van der Waals surface area contributed by atoms with Gasteiger partial charge in [-0.3, -0.25) is 0 Å². The summed E-state index contributed by atoms with van der Waals surface area (Å²) in [6.07, 6.45) is 0. The molecule has 0 N–H and O–H groups in total. The van der Waals surface area contributed by atoms with Crippen molar-refractivity contribution in [1.29, 1.82) is 0 Å². The third-order valence-electron chi connectivity index (χ3n) is 8.88. The van der Waals surface area contributed by atoms with Crippen LogP contribution in [0.2, 0.25) is 0 Å². The minimum Gasteiger partial charge on any atom is -0.456 e. The van der Waals surface area contributed by atoms with Crippen LogP contribution in [0.15, 0.2) is 162 Å². The van der Waals surface area contributed by atoms with Crippen molar-refractivity contribution in [3.63, 3.8) is 0 Å². The van der Waals surface area contributed by atoms with Crippen molar-refractivity contribution in [2.45, 2.75) is 0 Å². The molecule has 0 aliphatic heterocycles. The fourth-order valence-electron chi connectivity index (χ4n) is 7.01. The van der Waals surface area contributed by atoms with Gasteiger partial charge in [0.15, 0.2) is 0 Å². The van der Waals surface area contributed by atoms with Crippen LogP contribution < -0.4 is 0 Å². The predicted octanol–water partition coefficient (Wildman–Crippen LogP) is 12.0. The number of furan rings is 1. The highest BCUT2D eigenvalue weighted by Crippen LogP contribution is 2.46. The highest BCUT2D eigenvalue weighted by atomic mass is 16.3. The van der Waals surface area contributed by atoms with E-state index in [2.05, 4.69) is 146 Å². The van der Waals surface area contributed by atoms with Crippen molar-refractivity contribution in [3.05, 3.63) is 158 Å². The lowest BCUT2D eigenvalue weighted by molar-refractivity contribution is 0.669. The van der Waals surface area contributed by atoms with E-state index in [4.69, 9.17) is 4.42 Å². The summed E-state index contributed by atoms with van der Waals surface area (Å²) in [6, 6.07) is 56.8. The standard InChI is InChI=1S/C42H26O/c1-2-12-27(13-3-1)41-35-15-4-6-17-37(35)42(38-18-7-5-16-36(38)41)34-22-11-20-30-29(19-10-21-31(30)34)28-24-25-33-32-14-8-9-23-39(32)43-40(33)26-28/h1-26H. The van der Waals surface area contributed by atoms with Crippen LogP contribution in [-0.4, -0.2) is 0 Å². The molecule has 0 fully saturated rings. The van der Waals surface area contributed by atoms with Gasteiger partial charge in [-0.15, -0.1) is 0 Å². The number of rotatable bonds is 3. The van der Waals surface area contributed by atoms with Crippen molar-refractivity contribution in [2.24, 2.45) is 0 Å². The zero-order valence-corrected chi connectivity index (χ0v) is 23.4. The van der Waals surface area contributed by atoms with Crippen LogP contribution in [0.5, 0.6) is 0 Å². The molecule has 0 radical (unpaired) electrons. The molecule has 0 saturated heterocycles. The number of benzene rings is 8. The Morgan fingerprint density at radius 3 is 1.49 bits per heavy atom. The molecular formula is C42H26O. The minimum absolute atomic E-state index is 0.917. The SMILES string of the molecule is c1ccc(-c2c3ccccc3c(-c3cccc4c(-c5ccc6c(c5)oc5ccccc56)cccc34)c3ccccc23)cc1. The predicted molar refractivity (Wildman–Crippen MR) is 183 cm³/mol. The maximum atomic E-state index is 6.26. The van der Waals surface area contributed by atoms with Gasteiger partial charge in [0.25, 0.3) is 0 Å². The van der Waals surface area contributed by atoms with Crippen LogP contribution in [0.25, 0.3) is 87.6 Å². The summed E-state index contributed by atoms with van der Waals surface area (Å²) in [5, 5.41) is 9.85. The second-order valence-electron chi connectivity index (χ2n) is 11.2. The number of hydrogen-bond donors (Lipinski definition) is 0. The molecule has 0 atom stereocenters. The molecule has 1 heterocycles. The summed E-state index contributed by atoms with van der Waals surface area (Å²) in [7, 11) is 0. The van der Waals surface area contributed by atoms with Gasteiger partial charge in [0.2, 0.25) is 0 Å². The van der Waals surface area contributed by atoms with E-state index in [0.717, 1.165) is 27.5 Å². The van der Waals surface area contributed by atoms with Gasteiger partial charge in [0, 0.05) is 10.8 Å². The zero-order chi connectivity index (χ0) is 28.3. The number of fused-ring (bicyclic) bond motifs is 6. The lowest BCUT2D eigenvalue weighted by Gasteiger charge is -2.19. The molecule has 1 aromatic heterocycles. The van der Waals surface area contributed by atoms with E-state index < -0.39 is 0 Å². The van der Waals surface area contributed by atoms with E-state index in [1.807, 2.05) is 12.1 Å². The summed E-state index contributed by atoms with van der Waals surface area (Å²) in [6.45, 7) is 0. The van der Waals surface area contributed by atoms with Gasteiger partial charge in [-0.25, -0.2) is 0 Å². The van der Waals surface area contributed by atoms with Crippen molar-refractivity contribution in [1.82, 2.24) is 0 Å². The van der Waals surface area contributed by atoms with Crippen molar-refractivity contribution in [3.8, 4) is 33.4 Å². The summed E-state index contributed by atoms with van der Waals surface area (Å²) in [4.78, 5) is 0. The Balaban J connectivity index is 1.33. The quantitative estimate of drug-likeness (QED) is 0.201. The van der Waals surface area contributed by atoms with Gasteiger partial charge in [-0.2, -0.15) is 0 Å². The van der Waals surface area contributed by atoms with Crippen molar-refractivity contribution < 1.29 is 4.42 Å². The molecule has 0 bridgehead atoms. The fourth-order valence-corrected chi connectivity index (χ4v) is 7.01. The molecule has 0 aliphatic carbocycles. The highest BCUT2D eigenvalue weighted by molar-refractivity contribution is 6.24. The first-order valence-electron chi connectivity index (χ1n) is 14.8. The third kappa shape index (κ3) is 3.65. The first-order chi connectivity index (χ1) is 21.3. The normalized spacial score (nSPS) is 11.7. The average molecular weight is 547 g/mol. The Hall–Kier alpha value is -5.66. The first kappa shape index (κ1) is 24.0. The van der Waals surface area contributed by atoms with Gasteiger partial charge in [0.1, 0.15) is 11.2 Å². The van der Waals surface area contributed by atoms with Crippen LogP contribution >= 0.6 is 0 Å². The second kappa shape index (κ2) is 9.44. The van der Waals surface area contributed by atoms with E-state index in [1.54, 1.807) is 0 Å². The van der Waals surface area contributed by atoms with Crippen molar-refractivity contribution in [2.75, 3.05) is 0 Å². The van der Waals surface area contributed by atoms with E-state index >= 15 is 0 Å². The number of para-hydroxylation sites is 1. The van der Waals surface area contributed by atoms with Crippen LogP contribution in [0.4, 0.5) is 0 Å². The first-order valence-corrected chi connectivity index (χ1v) is 14.8. The Labute approximate surface area is 249 Å². The van der Waals surface area contributed by atoms with Crippen LogP contribution in [0.3, 0.4) is 0 Å². The minimum atomic E-state index is 0.917. The molecule has 9 rings (SSSR count). The van der Waals surface area contributed by atoms with Crippen LogP contribution in [0, 0.1) is 0 Å². The van der Waals surface area contributed by atoms with E-state index in [9.17, 15) is 0 Å². The van der Waals surface area contributed by atoms with Gasteiger partial charge in [-0.05, 0) is 83.9 Å². The summed E-state index contributed by atoms with van der Waals surface area (Å²) in [5.74, 6) is 0. The maximum absolute atomic E-state index is 6.26. The molecule has 9 aromatic rings. The molecule has 0 amide bonds. The highest BCUT2D eigenvalue weighted by Gasteiger charge is 2.18. The van der Waals surface area contributed by atoms with Crippen molar-refractivity contribution >= 4 is 54.3 Å².